The third-order valence-corrected chi connectivity index (χ3v) is 2.27. The van der Waals surface area contributed by atoms with Gasteiger partial charge in [-0.15, -0.1) is 0 Å². The minimum absolute atomic E-state index is 0.402. The van der Waals surface area contributed by atoms with Crippen molar-refractivity contribution in [2.75, 3.05) is 19.8 Å². The van der Waals surface area contributed by atoms with Crippen LogP contribution in [-0.4, -0.2) is 30.9 Å². The van der Waals surface area contributed by atoms with Crippen LogP contribution in [0.15, 0.2) is 24.3 Å². The minimum Gasteiger partial charge on any atom is -0.493 e. The van der Waals surface area contributed by atoms with Gasteiger partial charge in [-0.1, -0.05) is 0 Å². The molecule has 19 heavy (non-hydrogen) atoms. The van der Waals surface area contributed by atoms with Crippen LogP contribution in [0.5, 0.6) is 5.75 Å². The monoisotopic (exact) mass is 268 g/mol. The Morgan fingerprint density at radius 2 is 2.21 bits per heavy atom. The van der Waals surface area contributed by atoms with Crippen molar-refractivity contribution in [3.05, 3.63) is 35.7 Å². The lowest BCUT2D eigenvalue weighted by Gasteiger charge is -2.09. The lowest BCUT2D eigenvalue weighted by Crippen LogP contribution is -2.04. The first kappa shape index (κ1) is 15.2. The normalized spacial score (nSPS) is 10.8. The largest absolute Gasteiger partial charge is 0.493 e. The fraction of sp³-hybridized carbons (Fsp3) is 0.357. The van der Waals surface area contributed by atoms with E-state index in [1.165, 1.54) is 24.3 Å². The van der Waals surface area contributed by atoms with E-state index >= 15 is 0 Å². The van der Waals surface area contributed by atoms with Crippen LogP contribution < -0.4 is 4.74 Å². The number of carboxylic acids is 1. The number of hydrogen-bond donors (Lipinski definition) is 1. The van der Waals surface area contributed by atoms with Crippen LogP contribution in [0.3, 0.4) is 0 Å². The third-order valence-electron chi connectivity index (χ3n) is 2.27. The number of benzene rings is 1. The zero-order chi connectivity index (χ0) is 14.1. The second-order valence-corrected chi connectivity index (χ2v) is 3.75. The SMILES string of the molecule is CCOCCCOc1ccc(F)cc1/C=C/C(=O)O. The van der Waals surface area contributed by atoms with Gasteiger partial charge in [-0.3, -0.25) is 0 Å². The number of carbonyl (C=O) groups is 1. The van der Waals surface area contributed by atoms with Gasteiger partial charge in [0, 0.05) is 31.3 Å². The topological polar surface area (TPSA) is 55.8 Å². The van der Waals surface area contributed by atoms with E-state index in [0.717, 1.165) is 6.08 Å². The van der Waals surface area contributed by atoms with Crippen LogP contribution in [0.25, 0.3) is 6.08 Å². The molecule has 0 aliphatic rings. The van der Waals surface area contributed by atoms with Crippen molar-refractivity contribution >= 4 is 12.0 Å². The molecule has 1 aromatic rings. The molecular formula is C14H17FO4. The minimum atomic E-state index is -1.09. The molecule has 0 aliphatic heterocycles. The zero-order valence-corrected chi connectivity index (χ0v) is 10.8. The Morgan fingerprint density at radius 1 is 1.42 bits per heavy atom. The Morgan fingerprint density at radius 3 is 2.89 bits per heavy atom. The molecule has 1 aromatic carbocycles. The van der Waals surface area contributed by atoms with Crippen molar-refractivity contribution in [2.24, 2.45) is 0 Å². The average molecular weight is 268 g/mol. The number of aliphatic carboxylic acids is 1. The van der Waals surface area contributed by atoms with Crippen LogP contribution >= 0.6 is 0 Å². The molecule has 0 spiro atoms. The van der Waals surface area contributed by atoms with E-state index in [-0.39, 0.29) is 0 Å². The van der Waals surface area contributed by atoms with Crippen LogP contribution in [-0.2, 0) is 9.53 Å². The molecule has 0 radical (unpaired) electrons. The fourth-order valence-corrected chi connectivity index (χ4v) is 1.43. The molecule has 0 unspecified atom stereocenters. The summed E-state index contributed by atoms with van der Waals surface area (Å²) in [4.78, 5) is 10.5. The maximum Gasteiger partial charge on any atom is 0.328 e. The maximum absolute atomic E-state index is 13.1. The highest BCUT2D eigenvalue weighted by atomic mass is 19.1. The molecule has 1 N–H and O–H groups in total. The van der Waals surface area contributed by atoms with Gasteiger partial charge in [-0.05, 0) is 31.2 Å². The first-order valence-corrected chi connectivity index (χ1v) is 6.04. The van der Waals surface area contributed by atoms with Gasteiger partial charge >= 0.3 is 5.97 Å². The first-order valence-electron chi connectivity index (χ1n) is 6.04. The molecule has 0 heterocycles. The Labute approximate surface area is 111 Å². The molecule has 0 aromatic heterocycles. The number of carboxylic acid groups (broad SMARTS) is 1. The highest BCUT2D eigenvalue weighted by Gasteiger charge is 2.03. The van der Waals surface area contributed by atoms with Gasteiger partial charge < -0.3 is 14.6 Å². The second-order valence-electron chi connectivity index (χ2n) is 3.75. The van der Waals surface area contributed by atoms with E-state index in [2.05, 4.69) is 0 Å². The molecule has 5 heteroatoms. The Hall–Kier alpha value is -1.88. The van der Waals surface area contributed by atoms with E-state index in [1.807, 2.05) is 6.92 Å². The predicted octanol–water partition coefficient (Wildman–Crippen LogP) is 2.73. The van der Waals surface area contributed by atoms with Gasteiger partial charge in [0.15, 0.2) is 0 Å². The van der Waals surface area contributed by atoms with Crippen LogP contribution in [0.1, 0.15) is 18.9 Å². The highest BCUT2D eigenvalue weighted by molar-refractivity contribution is 5.85. The summed E-state index contributed by atoms with van der Waals surface area (Å²) in [6.07, 6.45) is 2.97. The van der Waals surface area contributed by atoms with Gasteiger partial charge in [0.2, 0.25) is 0 Å². The Balaban J connectivity index is 2.63. The number of rotatable bonds is 8. The molecule has 0 saturated heterocycles. The number of halogens is 1. The van der Waals surface area contributed by atoms with Crippen LogP contribution in [0, 0.1) is 5.82 Å². The quantitative estimate of drug-likeness (QED) is 0.582. The molecule has 0 bridgehead atoms. The van der Waals surface area contributed by atoms with Crippen molar-refractivity contribution in [1.29, 1.82) is 0 Å². The van der Waals surface area contributed by atoms with E-state index < -0.39 is 11.8 Å². The van der Waals surface area contributed by atoms with Gasteiger partial charge in [-0.25, -0.2) is 9.18 Å². The lowest BCUT2D eigenvalue weighted by molar-refractivity contribution is -0.131. The zero-order valence-electron chi connectivity index (χ0n) is 10.8. The van der Waals surface area contributed by atoms with E-state index in [0.29, 0.717) is 37.6 Å². The van der Waals surface area contributed by atoms with Crippen LogP contribution in [0.4, 0.5) is 4.39 Å². The van der Waals surface area contributed by atoms with E-state index in [1.54, 1.807) is 0 Å². The number of ether oxygens (including phenoxy) is 2. The average Bonchev–Trinajstić information content (AvgIpc) is 2.38. The molecule has 0 fully saturated rings. The highest BCUT2D eigenvalue weighted by Crippen LogP contribution is 2.21. The predicted molar refractivity (Wildman–Crippen MR) is 69.7 cm³/mol. The standard InChI is InChI=1S/C14H17FO4/c1-2-18-8-3-9-19-13-6-5-12(15)10-11(13)4-7-14(16)17/h4-7,10H,2-3,8-9H2,1H3,(H,16,17)/b7-4+. The van der Waals surface area contributed by atoms with Gasteiger partial charge in [0.1, 0.15) is 11.6 Å². The summed E-state index contributed by atoms with van der Waals surface area (Å²) in [5, 5.41) is 8.57. The summed E-state index contributed by atoms with van der Waals surface area (Å²) in [7, 11) is 0. The Bertz CT molecular complexity index is 443. The fourth-order valence-electron chi connectivity index (χ4n) is 1.43. The molecule has 0 aliphatic carbocycles. The van der Waals surface area contributed by atoms with E-state index in [9.17, 15) is 9.18 Å². The smallest absolute Gasteiger partial charge is 0.328 e. The molecule has 4 nitrogen and oxygen atoms in total. The van der Waals surface area contributed by atoms with Crippen molar-refractivity contribution in [3.8, 4) is 5.75 Å². The summed E-state index contributed by atoms with van der Waals surface area (Å²) < 4.78 is 23.8. The molecule has 0 atom stereocenters. The number of hydrogen-bond acceptors (Lipinski definition) is 3. The van der Waals surface area contributed by atoms with Crippen molar-refractivity contribution in [3.63, 3.8) is 0 Å². The van der Waals surface area contributed by atoms with Crippen molar-refractivity contribution in [1.82, 2.24) is 0 Å². The van der Waals surface area contributed by atoms with Crippen molar-refractivity contribution in [2.45, 2.75) is 13.3 Å². The summed E-state index contributed by atoms with van der Waals surface area (Å²) in [6.45, 7) is 3.59. The summed E-state index contributed by atoms with van der Waals surface area (Å²) in [5.41, 5.74) is 0.402. The first-order chi connectivity index (χ1) is 9.13. The third kappa shape index (κ3) is 6.01. The van der Waals surface area contributed by atoms with Gasteiger partial charge in [0.25, 0.3) is 0 Å². The lowest BCUT2D eigenvalue weighted by atomic mass is 10.2. The molecule has 0 amide bonds. The molecular weight excluding hydrogens is 251 g/mol. The summed E-state index contributed by atoms with van der Waals surface area (Å²) in [5.74, 6) is -1.08. The van der Waals surface area contributed by atoms with Gasteiger partial charge in [-0.2, -0.15) is 0 Å². The van der Waals surface area contributed by atoms with E-state index in [4.69, 9.17) is 14.6 Å². The van der Waals surface area contributed by atoms with Crippen molar-refractivity contribution < 1.29 is 23.8 Å². The summed E-state index contributed by atoms with van der Waals surface area (Å²) in [6, 6.07) is 3.99. The molecule has 104 valence electrons. The molecule has 1 rings (SSSR count). The Kier molecular flexibility index (Phi) is 6.60. The second kappa shape index (κ2) is 8.26. The maximum atomic E-state index is 13.1. The van der Waals surface area contributed by atoms with Gasteiger partial charge in [0.05, 0.1) is 6.61 Å². The molecule has 0 saturated carbocycles. The van der Waals surface area contributed by atoms with Crippen LogP contribution in [0.2, 0.25) is 0 Å². The summed E-state index contributed by atoms with van der Waals surface area (Å²) >= 11 is 0.